The molecule has 1 rings (SSSR count). The zero-order valence-corrected chi connectivity index (χ0v) is 6.53. The number of amides is 1. The summed E-state index contributed by atoms with van der Waals surface area (Å²) in [5.74, 6) is 0.0827. The number of carbonyl (C=O) groups excluding carboxylic acids is 2. The third-order valence-electron chi connectivity index (χ3n) is 1.37. The molecule has 0 atom stereocenters. The van der Waals surface area contributed by atoms with Crippen molar-refractivity contribution < 1.29 is 14.0 Å². The molecule has 0 saturated carbocycles. The smallest absolute Gasteiger partial charge is 0.323 e. The second kappa shape index (κ2) is 3.64. The van der Waals surface area contributed by atoms with Crippen LogP contribution in [-0.4, -0.2) is 12.0 Å². The number of isocyanates is 1. The lowest BCUT2D eigenvalue weighted by molar-refractivity contribution is 0.0975. The lowest BCUT2D eigenvalue weighted by atomic mass is 10.3. The third-order valence-corrected chi connectivity index (χ3v) is 1.37. The van der Waals surface area contributed by atoms with Gasteiger partial charge in [0.25, 0.3) is 0 Å². The summed E-state index contributed by atoms with van der Waals surface area (Å²) < 4.78 is 5.02. The van der Waals surface area contributed by atoms with Crippen molar-refractivity contribution in [3.63, 3.8) is 0 Å². The first-order valence-electron chi connectivity index (χ1n) is 3.49. The fourth-order valence-corrected chi connectivity index (χ4v) is 0.779. The standard InChI is InChI=1S/C8H7NO3/c1-2-6-3-4-7(12-6)8(11)9-5-10/h3-4H,2H2,1H3. The molecular weight excluding hydrogens is 158 g/mol. The van der Waals surface area contributed by atoms with Gasteiger partial charge in [0.2, 0.25) is 6.08 Å². The Morgan fingerprint density at radius 2 is 2.42 bits per heavy atom. The summed E-state index contributed by atoms with van der Waals surface area (Å²) in [7, 11) is 0. The number of hydrogen-bond acceptors (Lipinski definition) is 3. The lowest BCUT2D eigenvalue weighted by Crippen LogP contribution is -1.90. The minimum atomic E-state index is -0.690. The van der Waals surface area contributed by atoms with Gasteiger partial charge in [0, 0.05) is 6.42 Å². The average molecular weight is 165 g/mol. The van der Waals surface area contributed by atoms with E-state index in [4.69, 9.17) is 4.42 Å². The highest BCUT2D eigenvalue weighted by Gasteiger charge is 2.08. The molecule has 0 aliphatic carbocycles. The monoisotopic (exact) mass is 165 g/mol. The number of carbonyl (C=O) groups is 1. The zero-order chi connectivity index (χ0) is 8.97. The molecule has 0 N–H and O–H groups in total. The molecule has 0 fully saturated rings. The minimum absolute atomic E-state index is 0.0789. The van der Waals surface area contributed by atoms with Crippen molar-refractivity contribution in [3.05, 3.63) is 23.7 Å². The van der Waals surface area contributed by atoms with Crippen LogP contribution in [0, 0.1) is 0 Å². The molecule has 0 unspecified atom stereocenters. The fraction of sp³-hybridized carbons (Fsp3) is 0.250. The van der Waals surface area contributed by atoms with E-state index in [1.165, 1.54) is 6.07 Å². The fourth-order valence-electron chi connectivity index (χ4n) is 0.779. The van der Waals surface area contributed by atoms with Crippen molar-refractivity contribution in [2.45, 2.75) is 13.3 Å². The van der Waals surface area contributed by atoms with Crippen LogP contribution in [0.5, 0.6) is 0 Å². The van der Waals surface area contributed by atoms with Crippen molar-refractivity contribution in [1.82, 2.24) is 0 Å². The Morgan fingerprint density at radius 1 is 1.67 bits per heavy atom. The van der Waals surface area contributed by atoms with Crippen LogP contribution in [-0.2, 0) is 11.2 Å². The van der Waals surface area contributed by atoms with Crippen molar-refractivity contribution in [2.75, 3.05) is 0 Å². The van der Waals surface area contributed by atoms with Gasteiger partial charge in [0.15, 0.2) is 5.76 Å². The third kappa shape index (κ3) is 1.68. The van der Waals surface area contributed by atoms with E-state index in [-0.39, 0.29) is 5.76 Å². The maximum absolute atomic E-state index is 10.9. The van der Waals surface area contributed by atoms with E-state index in [0.29, 0.717) is 12.2 Å². The number of furan rings is 1. The van der Waals surface area contributed by atoms with Crippen LogP contribution in [0.25, 0.3) is 0 Å². The molecule has 0 aromatic carbocycles. The van der Waals surface area contributed by atoms with Gasteiger partial charge in [0.05, 0.1) is 0 Å². The Labute approximate surface area is 68.9 Å². The second-order valence-electron chi connectivity index (χ2n) is 2.13. The molecular formula is C8H7NO3. The molecule has 4 nitrogen and oxygen atoms in total. The normalized spacial score (nSPS) is 9.08. The van der Waals surface area contributed by atoms with Crippen molar-refractivity contribution in [1.29, 1.82) is 0 Å². The molecule has 0 spiro atoms. The number of aliphatic imine (C=N–C) groups is 1. The quantitative estimate of drug-likeness (QED) is 0.490. The van der Waals surface area contributed by atoms with Crippen LogP contribution in [0.1, 0.15) is 23.2 Å². The van der Waals surface area contributed by atoms with Crippen LogP contribution < -0.4 is 0 Å². The van der Waals surface area contributed by atoms with Crippen LogP contribution in [0.3, 0.4) is 0 Å². The maximum Gasteiger partial charge on any atom is 0.323 e. The molecule has 4 heteroatoms. The Morgan fingerprint density at radius 3 is 2.92 bits per heavy atom. The number of aryl methyl sites for hydroxylation is 1. The first kappa shape index (κ1) is 8.43. The Kier molecular flexibility index (Phi) is 2.56. The molecule has 1 aromatic rings. The molecule has 0 bridgehead atoms. The Balaban J connectivity index is 2.88. The van der Waals surface area contributed by atoms with Crippen LogP contribution in [0.15, 0.2) is 21.5 Å². The van der Waals surface area contributed by atoms with Gasteiger partial charge < -0.3 is 4.42 Å². The molecule has 0 radical (unpaired) electrons. The first-order valence-corrected chi connectivity index (χ1v) is 3.49. The molecule has 0 aliphatic rings. The van der Waals surface area contributed by atoms with E-state index in [9.17, 15) is 9.59 Å². The summed E-state index contributed by atoms with van der Waals surface area (Å²) in [6.45, 7) is 1.90. The van der Waals surface area contributed by atoms with E-state index >= 15 is 0 Å². The summed E-state index contributed by atoms with van der Waals surface area (Å²) in [4.78, 5) is 23.5. The van der Waals surface area contributed by atoms with Crippen LogP contribution >= 0.6 is 0 Å². The van der Waals surface area contributed by atoms with Gasteiger partial charge >= 0.3 is 5.91 Å². The summed E-state index contributed by atoms with van der Waals surface area (Å²) in [6, 6.07) is 3.16. The van der Waals surface area contributed by atoms with E-state index in [0.717, 1.165) is 6.08 Å². The highest BCUT2D eigenvalue weighted by Crippen LogP contribution is 2.08. The highest BCUT2D eigenvalue weighted by atomic mass is 16.3. The molecule has 62 valence electrons. The molecule has 1 aromatic heterocycles. The molecule has 0 aliphatic heterocycles. The van der Waals surface area contributed by atoms with Gasteiger partial charge in [-0.3, -0.25) is 4.79 Å². The molecule has 0 saturated heterocycles. The van der Waals surface area contributed by atoms with Crippen LogP contribution in [0.2, 0.25) is 0 Å². The van der Waals surface area contributed by atoms with Crippen molar-refractivity contribution >= 4 is 12.0 Å². The second-order valence-corrected chi connectivity index (χ2v) is 2.13. The number of rotatable bonds is 2. The van der Waals surface area contributed by atoms with Gasteiger partial charge in [-0.1, -0.05) is 6.92 Å². The van der Waals surface area contributed by atoms with Gasteiger partial charge in [-0.15, -0.1) is 4.99 Å². The largest absolute Gasteiger partial charge is 0.456 e. The first-order chi connectivity index (χ1) is 5.77. The lowest BCUT2D eigenvalue weighted by Gasteiger charge is -1.86. The van der Waals surface area contributed by atoms with Gasteiger partial charge in [-0.2, -0.15) is 0 Å². The number of hydrogen-bond donors (Lipinski definition) is 0. The van der Waals surface area contributed by atoms with Crippen molar-refractivity contribution in [2.24, 2.45) is 4.99 Å². The van der Waals surface area contributed by atoms with Crippen LogP contribution in [0.4, 0.5) is 0 Å². The molecule has 1 amide bonds. The molecule has 1 heterocycles. The SMILES string of the molecule is CCc1ccc(C(=O)N=C=O)o1. The Bertz CT molecular complexity index is 334. The van der Waals surface area contributed by atoms with Gasteiger partial charge in [-0.05, 0) is 12.1 Å². The summed E-state index contributed by atoms with van der Waals surface area (Å²) in [5.41, 5.74) is 0. The van der Waals surface area contributed by atoms with Gasteiger partial charge in [0.1, 0.15) is 5.76 Å². The predicted octanol–water partition coefficient (Wildman–Crippen LogP) is 1.32. The van der Waals surface area contributed by atoms with E-state index in [1.807, 2.05) is 6.92 Å². The number of nitrogens with zero attached hydrogens (tertiary/aromatic N) is 1. The van der Waals surface area contributed by atoms with E-state index in [1.54, 1.807) is 6.07 Å². The highest BCUT2D eigenvalue weighted by molar-refractivity contribution is 5.94. The maximum atomic E-state index is 10.9. The van der Waals surface area contributed by atoms with E-state index < -0.39 is 5.91 Å². The summed E-state index contributed by atoms with van der Waals surface area (Å²) >= 11 is 0. The minimum Gasteiger partial charge on any atom is -0.456 e. The topological polar surface area (TPSA) is 59.6 Å². The zero-order valence-electron chi connectivity index (χ0n) is 6.53. The summed E-state index contributed by atoms with van der Waals surface area (Å²) in [6.07, 6.45) is 1.87. The van der Waals surface area contributed by atoms with Crippen molar-refractivity contribution in [3.8, 4) is 0 Å². The molecule has 12 heavy (non-hydrogen) atoms. The van der Waals surface area contributed by atoms with E-state index in [2.05, 4.69) is 4.99 Å². The Hall–Kier alpha value is -1.67. The van der Waals surface area contributed by atoms with Gasteiger partial charge in [-0.25, -0.2) is 4.79 Å². The summed E-state index contributed by atoms with van der Waals surface area (Å²) in [5, 5.41) is 0. The predicted molar refractivity (Wildman–Crippen MR) is 40.5 cm³/mol. The average Bonchev–Trinajstić information content (AvgIpc) is 2.52.